The maximum Gasteiger partial charge on any atom is 0.269 e. The Kier molecular flexibility index (Phi) is 7.50. The van der Waals surface area contributed by atoms with Gasteiger partial charge in [-0.3, -0.25) is 19.1 Å². The molecule has 1 aliphatic rings. The van der Waals surface area contributed by atoms with Crippen molar-refractivity contribution in [3.05, 3.63) is 61.0 Å². The number of alkyl halides is 1. The summed E-state index contributed by atoms with van der Waals surface area (Å²) in [4.78, 5) is 46.6. The summed E-state index contributed by atoms with van der Waals surface area (Å²) in [6.45, 7) is 4.58. The number of azo groups is 1. The van der Waals surface area contributed by atoms with Crippen molar-refractivity contribution in [3.63, 3.8) is 0 Å². The van der Waals surface area contributed by atoms with Crippen molar-refractivity contribution in [1.29, 1.82) is 0 Å². The van der Waals surface area contributed by atoms with Crippen LogP contribution in [0.1, 0.15) is 29.4 Å². The molecule has 0 aliphatic carbocycles. The molecule has 2 aromatic heterocycles. The maximum atomic E-state index is 14.3. The van der Waals surface area contributed by atoms with Crippen molar-refractivity contribution in [3.8, 4) is 5.88 Å². The van der Waals surface area contributed by atoms with Gasteiger partial charge in [-0.15, -0.1) is 0 Å². The van der Waals surface area contributed by atoms with Gasteiger partial charge in [0.2, 0.25) is 17.7 Å². The minimum absolute atomic E-state index is 0.0474. The highest BCUT2D eigenvalue weighted by Crippen LogP contribution is 2.27. The number of aromatic hydroxyl groups is 1. The first-order valence-electron chi connectivity index (χ1n) is 11.4. The number of hydrogen-bond acceptors (Lipinski definition) is 9. The number of aromatic nitrogens is 4. The molecule has 0 saturated carbocycles. The van der Waals surface area contributed by atoms with Gasteiger partial charge in [0.1, 0.15) is 30.8 Å². The Bertz CT molecular complexity index is 1480. The Labute approximate surface area is 215 Å². The average Bonchev–Trinajstić information content (AvgIpc) is 3.46. The molecule has 0 bridgehead atoms. The number of fused-ring (bicyclic) bond motifs is 1. The van der Waals surface area contributed by atoms with E-state index < -0.39 is 35.8 Å². The molecule has 0 radical (unpaired) electrons. The van der Waals surface area contributed by atoms with Crippen molar-refractivity contribution < 1.29 is 23.9 Å². The Morgan fingerprint density at radius 3 is 2.84 bits per heavy atom. The van der Waals surface area contributed by atoms with E-state index in [-0.39, 0.29) is 30.9 Å². The summed E-state index contributed by atoms with van der Waals surface area (Å²) in [6.07, 6.45) is 3.44. The standard InChI is InChI=1S/C24H24FN9O4/c1-3-29-30-8-13(2)14-4-5-18-16(6-14)21(22(26)36)32-34(18)11-20(35)33-10-15(25)7-19(33)24(38)31-17-9-27-12-28-23(17)37/h3-6,8-9,12,15,19H,1,7,10-11H2,2H3,(H2,26,36)(H,31,38)(H,27,28,37)/b13-8+,30-29-. The Morgan fingerprint density at radius 1 is 1.34 bits per heavy atom. The molecule has 38 heavy (non-hydrogen) atoms. The van der Waals surface area contributed by atoms with Gasteiger partial charge >= 0.3 is 0 Å². The minimum Gasteiger partial charge on any atom is -0.492 e. The molecule has 4 N–H and O–H groups in total. The molecule has 3 amide bonds. The van der Waals surface area contributed by atoms with Gasteiger partial charge in [0.05, 0.1) is 24.5 Å². The summed E-state index contributed by atoms with van der Waals surface area (Å²) in [5, 5.41) is 24.4. The molecule has 1 aromatic carbocycles. The molecule has 1 aliphatic heterocycles. The molecule has 13 nitrogen and oxygen atoms in total. The van der Waals surface area contributed by atoms with Crippen molar-refractivity contribution >= 4 is 39.9 Å². The lowest BCUT2D eigenvalue weighted by Crippen LogP contribution is -2.44. The predicted octanol–water partition coefficient (Wildman–Crippen LogP) is 2.17. The van der Waals surface area contributed by atoms with E-state index in [0.29, 0.717) is 10.9 Å². The second-order valence-corrected chi connectivity index (χ2v) is 8.47. The SMILES string of the molecule is C=C/N=N\C=C(/C)c1ccc2c(c1)c(C(N)=O)nn2CC(=O)N1CC(F)CC1C(=O)Nc1cncnc1O. The number of carbonyl (C=O) groups excluding carboxylic acids is 3. The quantitative estimate of drug-likeness (QED) is 0.380. The van der Waals surface area contributed by atoms with E-state index in [1.165, 1.54) is 23.3 Å². The second-order valence-electron chi connectivity index (χ2n) is 8.47. The van der Waals surface area contributed by atoms with Crippen LogP contribution >= 0.6 is 0 Å². The van der Waals surface area contributed by atoms with E-state index in [4.69, 9.17) is 5.73 Å². The number of halogens is 1. The zero-order chi connectivity index (χ0) is 27.4. The van der Waals surface area contributed by atoms with Gasteiger partial charge in [-0.1, -0.05) is 12.6 Å². The number of nitrogens with zero attached hydrogens (tertiary/aromatic N) is 7. The van der Waals surface area contributed by atoms with Crippen LogP contribution in [-0.4, -0.2) is 66.2 Å². The summed E-state index contributed by atoms with van der Waals surface area (Å²) < 4.78 is 15.6. The fraction of sp³-hybridized carbons (Fsp3) is 0.250. The molecule has 1 saturated heterocycles. The molecule has 2 unspecified atom stereocenters. The number of rotatable bonds is 8. The van der Waals surface area contributed by atoms with E-state index in [9.17, 15) is 23.9 Å². The fourth-order valence-electron chi connectivity index (χ4n) is 4.12. The van der Waals surface area contributed by atoms with Gasteiger partial charge in [0.25, 0.3) is 5.91 Å². The van der Waals surface area contributed by atoms with E-state index in [1.54, 1.807) is 25.1 Å². The topological polar surface area (TPSA) is 181 Å². The highest BCUT2D eigenvalue weighted by Gasteiger charge is 2.40. The van der Waals surface area contributed by atoms with Gasteiger partial charge in [0.15, 0.2) is 5.69 Å². The third-order valence-corrected chi connectivity index (χ3v) is 5.95. The summed E-state index contributed by atoms with van der Waals surface area (Å²) >= 11 is 0. The lowest BCUT2D eigenvalue weighted by atomic mass is 10.0. The van der Waals surface area contributed by atoms with Crippen LogP contribution in [0.4, 0.5) is 10.1 Å². The highest BCUT2D eigenvalue weighted by atomic mass is 19.1. The number of primary amides is 1. The zero-order valence-electron chi connectivity index (χ0n) is 20.3. The number of likely N-dealkylation sites (tertiary alicyclic amines) is 1. The summed E-state index contributed by atoms with van der Waals surface area (Å²) in [7, 11) is 0. The molecule has 4 rings (SSSR count). The van der Waals surface area contributed by atoms with E-state index in [1.807, 2.05) is 0 Å². The van der Waals surface area contributed by atoms with Crippen molar-refractivity contribution in [2.45, 2.75) is 32.1 Å². The number of hydrogen-bond donors (Lipinski definition) is 3. The summed E-state index contributed by atoms with van der Waals surface area (Å²) in [6, 6.07) is 3.97. The van der Waals surface area contributed by atoms with Crippen LogP contribution in [0.25, 0.3) is 16.5 Å². The van der Waals surface area contributed by atoms with Crippen LogP contribution in [0, 0.1) is 0 Å². The summed E-state index contributed by atoms with van der Waals surface area (Å²) in [5.74, 6) is -2.55. The van der Waals surface area contributed by atoms with Crippen molar-refractivity contribution in [1.82, 2.24) is 24.6 Å². The molecule has 3 heterocycles. The average molecular weight is 522 g/mol. The van der Waals surface area contributed by atoms with Crippen LogP contribution in [0.5, 0.6) is 5.88 Å². The predicted molar refractivity (Wildman–Crippen MR) is 134 cm³/mol. The smallest absolute Gasteiger partial charge is 0.269 e. The molecule has 196 valence electrons. The number of carbonyl (C=O) groups is 3. The van der Waals surface area contributed by atoms with Crippen LogP contribution in [0.3, 0.4) is 0 Å². The highest BCUT2D eigenvalue weighted by molar-refractivity contribution is 6.05. The third-order valence-electron chi connectivity index (χ3n) is 5.95. The van der Waals surface area contributed by atoms with Crippen LogP contribution in [0.15, 0.2) is 59.9 Å². The van der Waals surface area contributed by atoms with Gasteiger partial charge in [-0.25, -0.2) is 14.4 Å². The normalized spacial score (nSPS) is 17.7. The first kappa shape index (κ1) is 26.1. The largest absolute Gasteiger partial charge is 0.492 e. The molecule has 1 fully saturated rings. The van der Waals surface area contributed by atoms with Gasteiger partial charge < -0.3 is 21.1 Å². The first-order valence-corrected chi connectivity index (χ1v) is 11.4. The molecule has 14 heteroatoms. The lowest BCUT2D eigenvalue weighted by molar-refractivity contribution is -0.137. The number of allylic oxidation sites excluding steroid dienone is 1. The van der Waals surface area contributed by atoms with Gasteiger partial charge in [0, 0.05) is 18.0 Å². The van der Waals surface area contributed by atoms with E-state index >= 15 is 0 Å². The monoisotopic (exact) mass is 521 g/mol. The Morgan fingerprint density at radius 2 is 2.13 bits per heavy atom. The fourth-order valence-corrected chi connectivity index (χ4v) is 4.12. The molecule has 2 atom stereocenters. The van der Waals surface area contributed by atoms with Crippen LogP contribution in [0.2, 0.25) is 0 Å². The van der Waals surface area contributed by atoms with E-state index in [0.717, 1.165) is 22.4 Å². The molecular weight excluding hydrogens is 497 g/mol. The lowest BCUT2D eigenvalue weighted by Gasteiger charge is -2.23. The maximum absolute atomic E-state index is 14.3. The molecular formula is C24H24FN9O4. The number of nitrogens with one attached hydrogen (secondary N) is 1. The Balaban J connectivity index is 1.60. The van der Waals surface area contributed by atoms with Gasteiger partial charge in [-0.05, 0) is 30.2 Å². The summed E-state index contributed by atoms with van der Waals surface area (Å²) in [5.41, 5.74) is 7.33. The number of benzene rings is 1. The van der Waals surface area contributed by atoms with E-state index in [2.05, 4.69) is 37.2 Å². The molecule has 3 aromatic rings. The number of anilines is 1. The second kappa shape index (κ2) is 10.9. The third kappa shape index (κ3) is 5.38. The van der Waals surface area contributed by atoms with Crippen LogP contribution in [-0.2, 0) is 16.1 Å². The zero-order valence-corrected chi connectivity index (χ0v) is 20.3. The van der Waals surface area contributed by atoms with Crippen molar-refractivity contribution in [2.75, 3.05) is 11.9 Å². The number of nitrogens with two attached hydrogens (primary N) is 1. The Hall–Kier alpha value is -5.01. The minimum atomic E-state index is -1.43. The first-order chi connectivity index (χ1) is 18.2. The van der Waals surface area contributed by atoms with Gasteiger partial charge in [-0.2, -0.15) is 15.3 Å². The van der Waals surface area contributed by atoms with Crippen LogP contribution < -0.4 is 11.1 Å². The molecule has 0 spiro atoms. The van der Waals surface area contributed by atoms with Crippen molar-refractivity contribution in [2.24, 2.45) is 16.0 Å². The number of amides is 3.